The Bertz CT molecular complexity index is 294. The van der Waals surface area contributed by atoms with Gasteiger partial charge in [0.25, 0.3) is 0 Å². The van der Waals surface area contributed by atoms with Crippen LogP contribution in [0.2, 0.25) is 0 Å². The van der Waals surface area contributed by atoms with E-state index in [0.717, 1.165) is 0 Å². The Kier molecular flexibility index (Phi) is 8.50. The molecule has 1 unspecified atom stereocenters. The third-order valence-electron chi connectivity index (χ3n) is 2.00. The van der Waals surface area contributed by atoms with E-state index < -0.39 is 17.9 Å². The second-order valence-electron chi connectivity index (χ2n) is 3.46. The number of carboxylic acid groups (broad SMARTS) is 1. The van der Waals surface area contributed by atoms with Crippen LogP contribution in [0.25, 0.3) is 0 Å². The molecule has 0 saturated carbocycles. The molecule has 3 N–H and O–H groups in total. The first-order valence-electron chi connectivity index (χ1n) is 5.30. The van der Waals surface area contributed by atoms with Crippen LogP contribution >= 0.6 is 0 Å². The number of nitrogens with one attached hydrogen (secondary N) is 2. The van der Waals surface area contributed by atoms with Crippen LogP contribution in [0, 0.1) is 0 Å². The second-order valence-corrected chi connectivity index (χ2v) is 3.46. The number of carbonyl (C=O) groups excluding carboxylic acids is 2. The third-order valence-corrected chi connectivity index (χ3v) is 2.00. The number of ether oxygens (including phenoxy) is 2. The van der Waals surface area contributed by atoms with Crippen molar-refractivity contribution in [1.82, 2.24) is 10.6 Å². The van der Waals surface area contributed by atoms with E-state index in [1.165, 1.54) is 14.2 Å². The first-order valence-corrected chi connectivity index (χ1v) is 5.30. The van der Waals surface area contributed by atoms with E-state index in [1.807, 2.05) is 5.32 Å². The number of methoxy groups -OCH3 is 2. The lowest BCUT2D eigenvalue weighted by atomic mass is 10.3. The molecular formula is C10H18N2O6. The topological polar surface area (TPSA) is 114 Å². The molecule has 0 aromatic heterocycles. The van der Waals surface area contributed by atoms with Gasteiger partial charge >= 0.3 is 12.0 Å². The van der Waals surface area contributed by atoms with Gasteiger partial charge in [-0.05, 0) is 0 Å². The molecule has 0 aliphatic rings. The van der Waals surface area contributed by atoms with Crippen molar-refractivity contribution in [2.45, 2.75) is 18.9 Å². The maximum atomic E-state index is 11.2. The lowest BCUT2D eigenvalue weighted by Gasteiger charge is -2.14. The van der Waals surface area contributed by atoms with E-state index in [9.17, 15) is 14.4 Å². The highest BCUT2D eigenvalue weighted by Crippen LogP contribution is 1.90. The number of carbonyl (C=O) groups is 3. The van der Waals surface area contributed by atoms with Crippen molar-refractivity contribution >= 4 is 17.9 Å². The van der Waals surface area contributed by atoms with Gasteiger partial charge in [-0.2, -0.15) is 0 Å². The minimum atomic E-state index is -1.09. The van der Waals surface area contributed by atoms with Crippen molar-refractivity contribution in [3.05, 3.63) is 0 Å². The average molecular weight is 262 g/mol. The Balaban J connectivity index is 3.82. The first kappa shape index (κ1) is 16.3. The minimum absolute atomic E-state index is 0.183. The number of aliphatic carboxylic acids is 1. The molecule has 0 spiro atoms. The van der Waals surface area contributed by atoms with E-state index in [1.54, 1.807) is 0 Å². The molecule has 3 amide bonds. The number of urea groups is 1. The quantitative estimate of drug-likeness (QED) is 0.535. The molecule has 8 nitrogen and oxygen atoms in total. The molecule has 104 valence electrons. The summed E-state index contributed by atoms with van der Waals surface area (Å²) in [5.41, 5.74) is 0. The van der Waals surface area contributed by atoms with Crippen molar-refractivity contribution < 1.29 is 29.0 Å². The highest BCUT2D eigenvalue weighted by atomic mass is 16.5. The first-order chi connectivity index (χ1) is 8.49. The predicted octanol–water partition coefficient (Wildman–Crippen LogP) is -0.662. The zero-order valence-corrected chi connectivity index (χ0v) is 10.4. The standard InChI is InChI=1S/C10H18N2O6/c1-17-6-7(18-2)5-11-10(16)12-8(13)3-4-9(14)15/h7H,3-6H2,1-2H3,(H,14,15)(H2,11,12,13,16). The Labute approximate surface area is 105 Å². The summed E-state index contributed by atoms with van der Waals surface area (Å²) in [6, 6.07) is -0.691. The van der Waals surface area contributed by atoms with E-state index in [0.29, 0.717) is 6.61 Å². The van der Waals surface area contributed by atoms with Crippen LogP contribution < -0.4 is 10.6 Å². The summed E-state index contributed by atoms with van der Waals surface area (Å²) < 4.78 is 9.84. The van der Waals surface area contributed by atoms with Crippen molar-refractivity contribution in [1.29, 1.82) is 0 Å². The summed E-state index contributed by atoms with van der Waals surface area (Å²) in [5, 5.41) is 12.8. The number of amides is 3. The van der Waals surface area contributed by atoms with Crippen molar-refractivity contribution in [3.8, 4) is 0 Å². The van der Waals surface area contributed by atoms with Crippen LogP contribution in [-0.2, 0) is 19.1 Å². The van der Waals surface area contributed by atoms with Gasteiger partial charge in [0.1, 0.15) is 0 Å². The van der Waals surface area contributed by atoms with Crippen LogP contribution in [-0.4, -0.2) is 56.5 Å². The van der Waals surface area contributed by atoms with E-state index >= 15 is 0 Å². The molecule has 0 bridgehead atoms. The molecule has 0 saturated heterocycles. The van der Waals surface area contributed by atoms with Crippen LogP contribution in [0.5, 0.6) is 0 Å². The fourth-order valence-electron chi connectivity index (χ4n) is 1.06. The number of hydrogen-bond donors (Lipinski definition) is 3. The van der Waals surface area contributed by atoms with Gasteiger partial charge in [0.2, 0.25) is 5.91 Å². The smallest absolute Gasteiger partial charge is 0.321 e. The van der Waals surface area contributed by atoms with Crippen LogP contribution in [0.15, 0.2) is 0 Å². The highest BCUT2D eigenvalue weighted by Gasteiger charge is 2.12. The monoisotopic (exact) mass is 262 g/mol. The Morgan fingerprint density at radius 1 is 1.22 bits per heavy atom. The van der Waals surface area contributed by atoms with E-state index in [2.05, 4.69) is 5.32 Å². The number of carboxylic acids is 1. The number of imide groups is 1. The summed E-state index contributed by atoms with van der Waals surface area (Å²) in [6.07, 6.45) is -0.868. The minimum Gasteiger partial charge on any atom is -0.481 e. The molecule has 0 fully saturated rings. The van der Waals surface area contributed by atoms with Crippen LogP contribution in [0.1, 0.15) is 12.8 Å². The summed E-state index contributed by atoms with van der Waals surface area (Å²) >= 11 is 0. The van der Waals surface area contributed by atoms with Crippen LogP contribution in [0.4, 0.5) is 4.79 Å². The number of hydrogen-bond acceptors (Lipinski definition) is 5. The van der Waals surface area contributed by atoms with Gasteiger partial charge in [-0.1, -0.05) is 0 Å². The molecular weight excluding hydrogens is 244 g/mol. The molecule has 0 aromatic carbocycles. The molecule has 1 atom stereocenters. The molecule has 18 heavy (non-hydrogen) atoms. The molecule has 0 aliphatic carbocycles. The van der Waals surface area contributed by atoms with Crippen molar-refractivity contribution in [2.24, 2.45) is 0 Å². The van der Waals surface area contributed by atoms with Gasteiger partial charge in [0, 0.05) is 27.2 Å². The summed E-state index contributed by atoms with van der Waals surface area (Å²) in [5.74, 6) is -1.74. The largest absolute Gasteiger partial charge is 0.481 e. The maximum Gasteiger partial charge on any atom is 0.321 e. The van der Waals surface area contributed by atoms with E-state index in [-0.39, 0.29) is 25.5 Å². The fraction of sp³-hybridized carbons (Fsp3) is 0.700. The lowest BCUT2D eigenvalue weighted by Crippen LogP contribution is -2.43. The van der Waals surface area contributed by atoms with Gasteiger partial charge in [0.05, 0.1) is 19.1 Å². The Morgan fingerprint density at radius 2 is 1.89 bits per heavy atom. The maximum absolute atomic E-state index is 11.2. The van der Waals surface area contributed by atoms with Crippen LogP contribution in [0.3, 0.4) is 0 Å². The van der Waals surface area contributed by atoms with Gasteiger partial charge in [-0.25, -0.2) is 4.79 Å². The molecule has 0 rings (SSSR count). The van der Waals surface area contributed by atoms with Crippen molar-refractivity contribution in [3.63, 3.8) is 0 Å². The lowest BCUT2D eigenvalue weighted by molar-refractivity contribution is -0.138. The molecule has 0 heterocycles. The molecule has 0 radical (unpaired) electrons. The zero-order chi connectivity index (χ0) is 14.0. The second kappa shape index (κ2) is 9.37. The third kappa shape index (κ3) is 8.48. The normalized spacial score (nSPS) is 11.7. The predicted molar refractivity (Wildman–Crippen MR) is 61.1 cm³/mol. The van der Waals surface area contributed by atoms with Gasteiger partial charge < -0.3 is 19.9 Å². The Hall–Kier alpha value is -1.67. The van der Waals surface area contributed by atoms with Gasteiger partial charge in [-0.3, -0.25) is 14.9 Å². The molecule has 0 aromatic rings. The molecule has 0 aliphatic heterocycles. The number of rotatable bonds is 8. The fourth-order valence-corrected chi connectivity index (χ4v) is 1.06. The SMILES string of the molecule is COCC(CNC(=O)NC(=O)CCC(=O)O)OC. The van der Waals surface area contributed by atoms with E-state index in [4.69, 9.17) is 14.6 Å². The van der Waals surface area contributed by atoms with Gasteiger partial charge in [-0.15, -0.1) is 0 Å². The van der Waals surface area contributed by atoms with Crippen molar-refractivity contribution in [2.75, 3.05) is 27.4 Å². The Morgan fingerprint density at radius 3 is 2.39 bits per heavy atom. The van der Waals surface area contributed by atoms with Gasteiger partial charge in [0.15, 0.2) is 0 Å². The summed E-state index contributed by atoms with van der Waals surface area (Å²) in [7, 11) is 2.98. The summed E-state index contributed by atoms with van der Waals surface area (Å²) in [4.78, 5) is 32.5. The zero-order valence-electron chi connectivity index (χ0n) is 10.4. The summed E-state index contributed by atoms with van der Waals surface area (Å²) in [6.45, 7) is 0.492. The highest BCUT2D eigenvalue weighted by molar-refractivity contribution is 5.95. The molecule has 8 heteroatoms. The average Bonchev–Trinajstić information content (AvgIpc) is 2.31.